The standard InChI is InChI=1S/C19H19NO4/c21-18(15-6-8-16(9-7-15)19(22)23)20-17-3-1-2-14(10-17)12-24-11-13-4-5-13/h1-3,6-10,13H,4-5,11-12H2,(H,20,21)(H,22,23). The maximum atomic E-state index is 12.2. The van der Waals surface area contributed by atoms with Crippen molar-refractivity contribution in [2.75, 3.05) is 11.9 Å². The number of amides is 1. The fourth-order valence-electron chi connectivity index (χ4n) is 2.33. The molecule has 2 aromatic carbocycles. The predicted octanol–water partition coefficient (Wildman–Crippen LogP) is 3.56. The van der Waals surface area contributed by atoms with Crippen molar-refractivity contribution in [1.82, 2.24) is 0 Å². The van der Waals surface area contributed by atoms with Gasteiger partial charge in [0.25, 0.3) is 5.91 Å². The van der Waals surface area contributed by atoms with Crippen LogP contribution in [0.15, 0.2) is 48.5 Å². The van der Waals surface area contributed by atoms with Crippen LogP contribution in [-0.4, -0.2) is 23.6 Å². The minimum atomic E-state index is -1.01. The summed E-state index contributed by atoms with van der Waals surface area (Å²) >= 11 is 0. The summed E-state index contributed by atoms with van der Waals surface area (Å²) in [5.74, 6) is -0.564. The first-order chi connectivity index (χ1) is 11.6. The highest BCUT2D eigenvalue weighted by atomic mass is 16.5. The molecular formula is C19H19NO4. The Labute approximate surface area is 140 Å². The monoisotopic (exact) mass is 325 g/mol. The van der Waals surface area contributed by atoms with E-state index in [1.54, 1.807) is 0 Å². The van der Waals surface area contributed by atoms with Gasteiger partial charge in [0.15, 0.2) is 0 Å². The Balaban J connectivity index is 1.59. The second kappa shape index (κ2) is 7.27. The predicted molar refractivity (Wildman–Crippen MR) is 90.2 cm³/mol. The molecule has 2 N–H and O–H groups in total. The molecule has 1 aliphatic rings. The van der Waals surface area contributed by atoms with Crippen LogP contribution in [0.1, 0.15) is 39.1 Å². The van der Waals surface area contributed by atoms with Crippen molar-refractivity contribution in [3.63, 3.8) is 0 Å². The average molecular weight is 325 g/mol. The first-order valence-corrected chi connectivity index (χ1v) is 7.93. The minimum absolute atomic E-state index is 0.154. The molecule has 0 heterocycles. The molecule has 5 heteroatoms. The van der Waals surface area contributed by atoms with E-state index in [0.29, 0.717) is 17.9 Å². The summed E-state index contributed by atoms with van der Waals surface area (Å²) in [6.45, 7) is 1.33. The van der Waals surface area contributed by atoms with Crippen molar-refractivity contribution in [3.05, 3.63) is 65.2 Å². The molecule has 0 aromatic heterocycles. The lowest BCUT2D eigenvalue weighted by molar-refractivity contribution is 0.0696. The number of hydrogen-bond acceptors (Lipinski definition) is 3. The van der Waals surface area contributed by atoms with Gasteiger partial charge in [0.2, 0.25) is 0 Å². The van der Waals surface area contributed by atoms with Crippen molar-refractivity contribution in [1.29, 1.82) is 0 Å². The van der Waals surface area contributed by atoms with Crippen molar-refractivity contribution < 1.29 is 19.4 Å². The molecule has 1 aliphatic carbocycles. The molecular weight excluding hydrogens is 306 g/mol. The Morgan fingerprint density at radius 3 is 2.46 bits per heavy atom. The number of rotatable bonds is 7. The van der Waals surface area contributed by atoms with Gasteiger partial charge >= 0.3 is 5.97 Å². The normalized spacial score (nSPS) is 13.5. The van der Waals surface area contributed by atoms with E-state index in [4.69, 9.17) is 9.84 Å². The molecule has 1 fully saturated rings. The molecule has 1 saturated carbocycles. The number of carbonyl (C=O) groups excluding carboxylic acids is 1. The second-order valence-electron chi connectivity index (χ2n) is 6.00. The van der Waals surface area contributed by atoms with E-state index in [-0.39, 0.29) is 11.5 Å². The first kappa shape index (κ1) is 16.2. The highest BCUT2D eigenvalue weighted by molar-refractivity contribution is 6.04. The largest absolute Gasteiger partial charge is 0.478 e. The van der Waals surface area contributed by atoms with Gasteiger partial charge < -0.3 is 15.2 Å². The molecule has 0 unspecified atom stereocenters. The Morgan fingerprint density at radius 2 is 1.79 bits per heavy atom. The van der Waals surface area contributed by atoms with Crippen molar-refractivity contribution >= 4 is 17.6 Å². The van der Waals surface area contributed by atoms with Gasteiger partial charge in [-0.1, -0.05) is 12.1 Å². The molecule has 124 valence electrons. The molecule has 0 aliphatic heterocycles. The van der Waals surface area contributed by atoms with Crippen LogP contribution in [-0.2, 0) is 11.3 Å². The Bertz CT molecular complexity index is 735. The van der Waals surface area contributed by atoms with Crippen LogP contribution in [0.4, 0.5) is 5.69 Å². The second-order valence-corrected chi connectivity index (χ2v) is 6.00. The molecule has 1 amide bonds. The third-order valence-electron chi connectivity index (χ3n) is 3.90. The van der Waals surface area contributed by atoms with Crippen LogP contribution in [0.3, 0.4) is 0 Å². The van der Waals surface area contributed by atoms with Crippen molar-refractivity contribution in [3.8, 4) is 0 Å². The van der Waals surface area contributed by atoms with E-state index < -0.39 is 5.97 Å². The molecule has 2 aromatic rings. The first-order valence-electron chi connectivity index (χ1n) is 7.93. The zero-order valence-corrected chi connectivity index (χ0v) is 13.2. The van der Waals surface area contributed by atoms with Crippen LogP contribution in [0.2, 0.25) is 0 Å². The number of hydrogen-bond donors (Lipinski definition) is 2. The summed E-state index contributed by atoms with van der Waals surface area (Å²) in [4.78, 5) is 23.1. The van der Waals surface area contributed by atoms with Crippen LogP contribution in [0, 0.1) is 5.92 Å². The third kappa shape index (κ3) is 4.43. The molecule has 3 rings (SSSR count). The van der Waals surface area contributed by atoms with Gasteiger partial charge in [-0.2, -0.15) is 0 Å². The maximum absolute atomic E-state index is 12.2. The van der Waals surface area contributed by atoms with E-state index in [9.17, 15) is 9.59 Å². The fourth-order valence-corrected chi connectivity index (χ4v) is 2.33. The van der Waals surface area contributed by atoms with E-state index in [1.807, 2.05) is 24.3 Å². The minimum Gasteiger partial charge on any atom is -0.478 e. The lowest BCUT2D eigenvalue weighted by atomic mass is 10.1. The van der Waals surface area contributed by atoms with Crippen LogP contribution in [0.5, 0.6) is 0 Å². The van der Waals surface area contributed by atoms with Crippen molar-refractivity contribution in [2.24, 2.45) is 5.92 Å². The smallest absolute Gasteiger partial charge is 0.335 e. The number of anilines is 1. The van der Waals surface area contributed by atoms with Crippen molar-refractivity contribution in [2.45, 2.75) is 19.4 Å². The summed E-state index contributed by atoms with van der Waals surface area (Å²) < 4.78 is 5.66. The number of carboxylic acids is 1. The number of aromatic carboxylic acids is 1. The Morgan fingerprint density at radius 1 is 1.08 bits per heavy atom. The fraction of sp³-hybridized carbons (Fsp3) is 0.263. The topological polar surface area (TPSA) is 75.6 Å². The van der Waals surface area contributed by atoms with E-state index in [2.05, 4.69) is 5.32 Å². The number of nitrogens with one attached hydrogen (secondary N) is 1. The van der Waals surface area contributed by atoms with Crippen LogP contribution in [0.25, 0.3) is 0 Å². The van der Waals surface area contributed by atoms with Gasteiger partial charge in [0.1, 0.15) is 0 Å². The van der Waals surface area contributed by atoms with E-state index in [1.165, 1.54) is 37.1 Å². The lowest BCUT2D eigenvalue weighted by Crippen LogP contribution is -2.12. The number of carboxylic acid groups (broad SMARTS) is 1. The zero-order chi connectivity index (χ0) is 16.9. The SMILES string of the molecule is O=C(O)c1ccc(C(=O)Nc2cccc(COCC3CC3)c2)cc1. The molecule has 0 atom stereocenters. The molecule has 0 bridgehead atoms. The summed E-state index contributed by atoms with van der Waals surface area (Å²) in [6, 6.07) is 13.4. The van der Waals surface area contributed by atoms with Gasteiger partial charge in [0, 0.05) is 17.9 Å². The van der Waals surface area contributed by atoms with E-state index >= 15 is 0 Å². The van der Waals surface area contributed by atoms with Crippen LogP contribution >= 0.6 is 0 Å². The molecule has 24 heavy (non-hydrogen) atoms. The molecule has 0 spiro atoms. The maximum Gasteiger partial charge on any atom is 0.335 e. The number of carbonyl (C=O) groups is 2. The van der Waals surface area contributed by atoms with E-state index in [0.717, 1.165) is 18.1 Å². The quantitative estimate of drug-likeness (QED) is 0.816. The van der Waals surface area contributed by atoms with Gasteiger partial charge in [-0.3, -0.25) is 4.79 Å². The third-order valence-corrected chi connectivity index (χ3v) is 3.90. The number of ether oxygens (including phenoxy) is 1. The molecule has 0 radical (unpaired) electrons. The highest BCUT2D eigenvalue weighted by Crippen LogP contribution is 2.29. The van der Waals surface area contributed by atoms with Gasteiger partial charge in [-0.25, -0.2) is 4.79 Å². The molecule has 5 nitrogen and oxygen atoms in total. The van der Waals surface area contributed by atoms with Gasteiger partial charge in [-0.15, -0.1) is 0 Å². The highest BCUT2D eigenvalue weighted by Gasteiger charge is 2.21. The van der Waals surface area contributed by atoms with Gasteiger partial charge in [0.05, 0.1) is 12.2 Å². The summed E-state index contributed by atoms with van der Waals surface area (Å²) in [5, 5.41) is 11.7. The molecule has 0 saturated heterocycles. The summed E-state index contributed by atoms with van der Waals surface area (Å²) in [5.41, 5.74) is 2.27. The van der Waals surface area contributed by atoms with Gasteiger partial charge in [-0.05, 0) is 60.7 Å². The zero-order valence-electron chi connectivity index (χ0n) is 13.2. The number of benzene rings is 2. The average Bonchev–Trinajstić information content (AvgIpc) is 3.39. The van der Waals surface area contributed by atoms with Crippen LogP contribution < -0.4 is 5.32 Å². The Kier molecular flexibility index (Phi) is 4.91. The lowest BCUT2D eigenvalue weighted by Gasteiger charge is -2.08. The Hall–Kier alpha value is -2.66. The summed E-state index contributed by atoms with van der Waals surface area (Å²) in [7, 11) is 0. The summed E-state index contributed by atoms with van der Waals surface area (Å²) in [6.07, 6.45) is 2.52.